The highest BCUT2D eigenvalue weighted by atomic mass is 16.2. The molecule has 3 aromatic rings. The van der Waals surface area contributed by atoms with Crippen molar-refractivity contribution in [2.75, 3.05) is 52.4 Å². The second-order valence-corrected chi connectivity index (χ2v) is 12.2. The molecule has 3 amide bonds. The molecule has 1 aromatic heterocycles. The molecule has 2 aliphatic rings. The molecule has 0 saturated carbocycles. The van der Waals surface area contributed by atoms with Crippen LogP contribution < -0.4 is 0 Å². The van der Waals surface area contributed by atoms with Crippen molar-refractivity contribution in [1.29, 1.82) is 0 Å². The molecule has 0 spiro atoms. The monoisotopic (exact) mass is 635 g/mol. The van der Waals surface area contributed by atoms with Crippen LogP contribution in [-0.4, -0.2) is 106 Å². The van der Waals surface area contributed by atoms with Crippen LogP contribution in [0.4, 0.5) is 0 Å². The summed E-state index contributed by atoms with van der Waals surface area (Å²) in [6.45, 7) is 10.5. The summed E-state index contributed by atoms with van der Waals surface area (Å²) in [6.07, 6.45) is 14.4. The minimum absolute atomic E-state index is 0.0861. The summed E-state index contributed by atoms with van der Waals surface area (Å²) >= 11 is 0. The molecule has 9 nitrogen and oxygen atoms in total. The van der Waals surface area contributed by atoms with E-state index in [-0.39, 0.29) is 30.0 Å². The number of para-hydroxylation sites is 1. The minimum Gasteiger partial charge on any atom is -0.360 e. The number of amides is 3. The highest BCUT2D eigenvalue weighted by Gasteiger charge is 2.34. The fourth-order valence-corrected chi connectivity index (χ4v) is 6.34. The van der Waals surface area contributed by atoms with Crippen molar-refractivity contribution in [1.82, 2.24) is 24.6 Å². The van der Waals surface area contributed by atoms with Crippen LogP contribution in [0.15, 0.2) is 90.7 Å². The van der Waals surface area contributed by atoms with E-state index in [2.05, 4.69) is 47.2 Å². The van der Waals surface area contributed by atoms with Crippen molar-refractivity contribution >= 4 is 34.4 Å². The van der Waals surface area contributed by atoms with Gasteiger partial charge in [0.2, 0.25) is 0 Å². The molecule has 5 rings (SSSR count). The summed E-state index contributed by atoms with van der Waals surface area (Å²) in [7, 11) is 0. The number of nitrogens with one attached hydrogen (secondary N) is 1. The van der Waals surface area contributed by atoms with Crippen LogP contribution in [0.3, 0.4) is 0 Å². The number of benzene rings is 2. The Labute approximate surface area is 277 Å². The number of carbonyl (C=O) groups excluding carboxylic acids is 4. The van der Waals surface area contributed by atoms with Gasteiger partial charge in [0, 0.05) is 75.5 Å². The van der Waals surface area contributed by atoms with Crippen molar-refractivity contribution in [3.8, 4) is 0 Å². The van der Waals surface area contributed by atoms with Crippen LogP contribution in [0.5, 0.6) is 0 Å². The number of carbonyl (C=O) groups is 4. The Balaban J connectivity index is 1.20. The van der Waals surface area contributed by atoms with E-state index in [1.165, 1.54) is 11.8 Å². The number of aromatic nitrogens is 1. The average molecular weight is 636 g/mol. The number of Topliss-reactive ketones (excluding diaryl/α,β-unsaturated/α-hetero) is 1. The maximum atomic E-state index is 13.7. The van der Waals surface area contributed by atoms with Crippen LogP contribution in [0.2, 0.25) is 0 Å². The number of hydrogen-bond acceptors (Lipinski definition) is 5. The molecule has 0 aliphatic carbocycles. The molecule has 1 N–H and O–H groups in total. The second kappa shape index (κ2) is 15.7. The van der Waals surface area contributed by atoms with Gasteiger partial charge in [-0.3, -0.25) is 24.1 Å². The molecule has 3 heterocycles. The van der Waals surface area contributed by atoms with Crippen LogP contribution in [0, 0.1) is 0 Å². The predicted octanol–water partition coefficient (Wildman–Crippen LogP) is 5.34. The van der Waals surface area contributed by atoms with E-state index >= 15 is 0 Å². The van der Waals surface area contributed by atoms with E-state index in [9.17, 15) is 19.2 Å². The van der Waals surface area contributed by atoms with Gasteiger partial charge in [0.15, 0.2) is 0 Å². The smallest absolute Gasteiger partial charge is 0.295 e. The van der Waals surface area contributed by atoms with Gasteiger partial charge in [-0.1, -0.05) is 60.7 Å². The normalized spacial score (nSPS) is 18.1. The standard InChI is InChI=1S/C38H45N5O4/c1-4-6-7-8-10-14-29(5-2)27-40-19-21-41(22-20-40)37(46)32-18-13-17-31-33(25-39-34(31)32)35(44)38(47)43-24-23-42(26-28(43)3)36(45)30-15-11-9-12-16-30/h4-6,9-18,25,28,39H,7-8,19-24,26-27H2,1-3H3/b6-4-,14-10-,29-5+. The zero-order chi connectivity index (χ0) is 33.3. The molecule has 1 unspecified atom stereocenters. The largest absolute Gasteiger partial charge is 0.360 e. The third kappa shape index (κ3) is 7.80. The Kier molecular flexibility index (Phi) is 11.2. The first kappa shape index (κ1) is 33.6. The molecule has 246 valence electrons. The number of ketones is 1. The van der Waals surface area contributed by atoms with Crippen LogP contribution in [-0.2, 0) is 4.79 Å². The van der Waals surface area contributed by atoms with E-state index in [0.29, 0.717) is 48.2 Å². The molecule has 2 aliphatic heterocycles. The number of nitrogens with zero attached hydrogens (tertiary/aromatic N) is 4. The van der Waals surface area contributed by atoms with Crippen molar-refractivity contribution < 1.29 is 19.2 Å². The molecular formula is C38H45N5O4. The van der Waals surface area contributed by atoms with Crippen LogP contribution >= 0.6 is 0 Å². The highest BCUT2D eigenvalue weighted by Crippen LogP contribution is 2.25. The number of H-pyrrole nitrogens is 1. The van der Waals surface area contributed by atoms with E-state index < -0.39 is 11.7 Å². The zero-order valence-corrected chi connectivity index (χ0v) is 27.7. The maximum absolute atomic E-state index is 13.7. The lowest BCUT2D eigenvalue weighted by Crippen LogP contribution is -2.56. The molecule has 0 bridgehead atoms. The molecule has 2 aromatic carbocycles. The SMILES string of the molecule is C/C=C\CC/C=C\C(=C/C)CN1CCN(C(=O)c2cccc3c(C(=O)C(=O)N4CCN(C(=O)c5ccccc5)CC4C)c[nH]c23)CC1. The first-order chi connectivity index (χ1) is 22.8. The van der Waals surface area contributed by atoms with Gasteiger partial charge < -0.3 is 19.7 Å². The van der Waals surface area contributed by atoms with Gasteiger partial charge in [-0.15, -0.1) is 0 Å². The molecule has 2 saturated heterocycles. The quantitative estimate of drug-likeness (QED) is 0.107. The summed E-state index contributed by atoms with van der Waals surface area (Å²) in [5.74, 6) is -1.41. The van der Waals surface area contributed by atoms with Gasteiger partial charge in [-0.25, -0.2) is 0 Å². The number of hydrogen-bond donors (Lipinski definition) is 1. The Morgan fingerprint density at radius 1 is 0.809 bits per heavy atom. The van der Waals surface area contributed by atoms with Gasteiger partial charge >= 0.3 is 0 Å². The third-order valence-corrected chi connectivity index (χ3v) is 9.09. The van der Waals surface area contributed by atoms with Gasteiger partial charge in [0.1, 0.15) is 0 Å². The number of piperazine rings is 2. The summed E-state index contributed by atoms with van der Waals surface area (Å²) < 4.78 is 0. The maximum Gasteiger partial charge on any atom is 0.295 e. The fraction of sp³-hybridized carbons (Fsp3) is 0.368. The zero-order valence-electron chi connectivity index (χ0n) is 27.7. The number of rotatable bonds is 10. The Morgan fingerprint density at radius 2 is 1.53 bits per heavy atom. The number of fused-ring (bicyclic) bond motifs is 1. The van der Waals surface area contributed by atoms with Crippen molar-refractivity contribution in [2.45, 2.75) is 39.7 Å². The Hall–Kier alpha value is -4.76. The molecule has 9 heteroatoms. The van der Waals surface area contributed by atoms with E-state index in [0.717, 1.165) is 32.5 Å². The predicted molar refractivity (Wildman–Crippen MR) is 185 cm³/mol. The summed E-state index contributed by atoms with van der Waals surface area (Å²) in [5.41, 5.74) is 3.16. The lowest BCUT2D eigenvalue weighted by molar-refractivity contribution is -0.130. The number of aromatic amines is 1. The second-order valence-electron chi connectivity index (χ2n) is 12.2. The van der Waals surface area contributed by atoms with Gasteiger partial charge in [-0.05, 0) is 57.4 Å². The topological polar surface area (TPSA) is 97.0 Å². The van der Waals surface area contributed by atoms with Gasteiger partial charge in [0.05, 0.1) is 16.6 Å². The van der Waals surface area contributed by atoms with E-state index in [1.807, 2.05) is 36.9 Å². The Bertz CT molecular complexity index is 1680. The Morgan fingerprint density at radius 3 is 2.23 bits per heavy atom. The molecular weight excluding hydrogens is 590 g/mol. The average Bonchev–Trinajstić information content (AvgIpc) is 3.55. The first-order valence-corrected chi connectivity index (χ1v) is 16.6. The van der Waals surface area contributed by atoms with Crippen LogP contribution in [0.1, 0.15) is 64.7 Å². The van der Waals surface area contributed by atoms with E-state index in [4.69, 9.17) is 0 Å². The van der Waals surface area contributed by atoms with Gasteiger partial charge in [0.25, 0.3) is 23.5 Å². The summed E-state index contributed by atoms with van der Waals surface area (Å²) in [6, 6.07) is 14.0. The lowest BCUT2D eigenvalue weighted by atomic mass is 10.0. The van der Waals surface area contributed by atoms with Crippen molar-refractivity contribution in [2.24, 2.45) is 0 Å². The van der Waals surface area contributed by atoms with Gasteiger partial charge in [-0.2, -0.15) is 0 Å². The fourth-order valence-electron chi connectivity index (χ4n) is 6.34. The molecule has 2 fully saturated rings. The van der Waals surface area contributed by atoms with Crippen LogP contribution in [0.25, 0.3) is 10.9 Å². The molecule has 1 atom stereocenters. The molecule has 47 heavy (non-hydrogen) atoms. The lowest BCUT2D eigenvalue weighted by Gasteiger charge is -2.39. The highest BCUT2D eigenvalue weighted by molar-refractivity contribution is 6.45. The van der Waals surface area contributed by atoms with Crippen molar-refractivity contribution in [3.05, 3.63) is 107 Å². The van der Waals surface area contributed by atoms with E-state index in [1.54, 1.807) is 40.1 Å². The third-order valence-electron chi connectivity index (χ3n) is 9.09. The first-order valence-electron chi connectivity index (χ1n) is 16.6. The minimum atomic E-state index is -0.625. The summed E-state index contributed by atoms with van der Waals surface area (Å²) in [4.78, 5) is 64.2. The number of allylic oxidation sites excluding steroid dienone is 4. The van der Waals surface area contributed by atoms with Crippen molar-refractivity contribution in [3.63, 3.8) is 0 Å². The number of unbranched alkanes of at least 4 members (excludes halogenated alkanes) is 1. The summed E-state index contributed by atoms with van der Waals surface area (Å²) in [5, 5.41) is 0.553. The molecule has 0 radical (unpaired) electrons.